The molecule has 0 spiro atoms. The standard InChI is InChI=1S/C14H17F2N3O3S/c1-3-17-14(23)19-18-12(20)7-5-9-4-6-10(22-13(15)16)11(8-9)21-2/h4-8,13H,3H2,1-2H3,(H,18,20)(H2,17,19,23). The number of carbonyl (C=O) groups is 1. The fourth-order valence-electron chi connectivity index (χ4n) is 1.52. The van der Waals surface area contributed by atoms with Crippen LogP contribution in [-0.4, -0.2) is 31.3 Å². The van der Waals surface area contributed by atoms with Crippen molar-refractivity contribution >= 4 is 29.3 Å². The SMILES string of the molecule is CCNC(=S)NNC(=O)C=Cc1ccc(OC(F)F)c(OC)c1. The number of ether oxygens (including phenoxy) is 2. The summed E-state index contributed by atoms with van der Waals surface area (Å²) in [5, 5.41) is 3.10. The first-order valence-electron chi connectivity index (χ1n) is 6.61. The van der Waals surface area contributed by atoms with Crippen LogP contribution in [0.5, 0.6) is 11.5 Å². The maximum atomic E-state index is 12.2. The molecule has 0 unspecified atom stereocenters. The maximum absolute atomic E-state index is 12.2. The van der Waals surface area contributed by atoms with Gasteiger partial charge < -0.3 is 14.8 Å². The highest BCUT2D eigenvalue weighted by Gasteiger charge is 2.10. The van der Waals surface area contributed by atoms with Crippen molar-refractivity contribution in [2.75, 3.05) is 13.7 Å². The Morgan fingerprint density at radius 2 is 2.09 bits per heavy atom. The minimum Gasteiger partial charge on any atom is -0.493 e. The molecular weight excluding hydrogens is 328 g/mol. The normalized spacial score (nSPS) is 10.5. The van der Waals surface area contributed by atoms with Gasteiger partial charge in [0.15, 0.2) is 16.6 Å². The van der Waals surface area contributed by atoms with Crippen LogP contribution in [-0.2, 0) is 4.79 Å². The predicted octanol–water partition coefficient (Wildman–Crippen LogP) is 1.83. The van der Waals surface area contributed by atoms with E-state index in [1.54, 1.807) is 0 Å². The summed E-state index contributed by atoms with van der Waals surface area (Å²) in [6, 6.07) is 4.32. The number of hydrogen-bond donors (Lipinski definition) is 3. The second-order valence-corrected chi connectivity index (χ2v) is 4.50. The summed E-state index contributed by atoms with van der Waals surface area (Å²) in [7, 11) is 1.33. The van der Waals surface area contributed by atoms with E-state index in [0.717, 1.165) is 0 Å². The van der Waals surface area contributed by atoms with Crippen molar-refractivity contribution in [2.24, 2.45) is 0 Å². The quantitative estimate of drug-likeness (QED) is 0.415. The van der Waals surface area contributed by atoms with Gasteiger partial charge in [-0.15, -0.1) is 0 Å². The molecule has 9 heteroatoms. The monoisotopic (exact) mass is 345 g/mol. The summed E-state index contributed by atoms with van der Waals surface area (Å²) in [6.07, 6.45) is 2.74. The van der Waals surface area contributed by atoms with Gasteiger partial charge in [0.1, 0.15) is 0 Å². The number of thiocarbonyl (C=S) groups is 1. The van der Waals surface area contributed by atoms with E-state index in [4.69, 9.17) is 17.0 Å². The molecule has 0 radical (unpaired) electrons. The van der Waals surface area contributed by atoms with Crippen molar-refractivity contribution in [3.8, 4) is 11.5 Å². The summed E-state index contributed by atoms with van der Waals surface area (Å²) >= 11 is 4.88. The molecule has 0 aliphatic heterocycles. The zero-order valence-electron chi connectivity index (χ0n) is 12.6. The number of nitrogens with one attached hydrogen (secondary N) is 3. The lowest BCUT2D eigenvalue weighted by Gasteiger charge is -2.10. The molecule has 0 aromatic heterocycles. The average Bonchev–Trinajstić information content (AvgIpc) is 2.51. The van der Waals surface area contributed by atoms with Crippen LogP contribution in [0.3, 0.4) is 0 Å². The lowest BCUT2D eigenvalue weighted by atomic mass is 10.2. The first-order valence-corrected chi connectivity index (χ1v) is 7.01. The molecule has 0 heterocycles. The van der Waals surface area contributed by atoms with Crippen LogP contribution in [0.1, 0.15) is 12.5 Å². The van der Waals surface area contributed by atoms with Gasteiger partial charge in [0.05, 0.1) is 7.11 Å². The van der Waals surface area contributed by atoms with E-state index < -0.39 is 12.5 Å². The second kappa shape index (κ2) is 9.57. The molecule has 0 aliphatic carbocycles. The van der Waals surface area contributed by atoms with Crippen molar-refractivity contribution in [2.45, 2.75) is 13.5 Å². The molecule has 1 aromatic rings. The fourth-order valence-corrected chi connectivity index (χ4v) is 1.71. The van der Waals surface area contributed by atoms with E-state index in [1.807, 2.05) is 6.92 Å². The Hall–Kier alpha value is -2.42. The molecule has 23 heavy (non-hydrogen) atoms. The number of hydrogen-bond acceptors (Lipinski definition) is 4. The maximum Gasteiger partial charge on any atom is 0.387 e. The molecule has 6 nitrogen and oxygen atoms in total. The van der Waals surface area contributed by atoms with E-state index in [0.29, 0.717) is 17.2 Å². The second-order valence-electron chi connectivity index (χ2n) is 4.10. The number of carbonyl (C=O) groups excluding carboxylic acids is 1. The number of alkyl halides is 2. The van der Waals surface area contributed by atoms with Crippen LogP contribution in [0.2, 0.25) is 0 Å². The minimum absolute atomic E-state index is 0.0817. The Bertz CT molecular complexity index is 582. The van der Waals surface area contributed by atoms with Crippen molar-refractivity contribution in [1.29, 1.82) is 0 Å². The van der Waals surface area contributed by atoms with Gasteiger partial charge in [-0.2, -0.15) is 8.78 Å². The Balaban J connectivity index is 2.65. The van der Waals surface area contributed by atoms with E-state index in [2.05, 4.69) is 20.9 Å². The van der Waals surface area contributed by atoms with Gasteiger partial charge in [-0.1, -0.05) is 6.07 Å². The van der Waals surface area contributed by atoms with Crippen molar-refractivity contribution in [3.63, 3.8) is 0 Å². The zero-order valence-corrected chi connectivity index (χ0v) is 13.4. The van der Waals surface area contributed by atoms with Gasteiger partial charge in [-0.3, -0.25) is 15.6 Å². The molecule has 0 atom stereocenters. The highest BCUT2D eigenvalue weighted by Crippen LogP contribution is 2.29. The Labute approximate surface area is 137 Å². The molecule has 0 aliphatic rings. The summed E-state index contributed by atoms with van der Waals surface area (Å²) < 4.78 is 33.7. The summed E-state index contributed by atoms with van der Waals surface area (Å²) in [4.78, 5) is 11.6. The molecule has 126 valence electrons. The first-order chi connectivity index (χ1) is 11.0. The number of rotatable bonds is 6. The van der Waals surface area contributed by atoms with Crippen molar-refractivity contribution in [1.82, 2.24) is 16.2 Å². The van der Waals surface area contributed by atoms with E-state index >= 15 is 0 Å². The van der Waals surface area contributed by atoms with Crippen LogP contribution in [0.4, 0.5) is 8.78 Å². The van der Waals surface area contributed by atoms with Gasteiger partial charge in [0.25, 0.3) is 5.91 Å². The third-order valence-electron chi connectivity index (χ3n) is 2.47. The topological polar surface area (TPSA) is 71.6 Å². The summed E-state index contributed by atoms with van der Waals surface area (Å²) in [6.45, 7) is -0.447. The fraction of sp³-hybridized carbons (Fsp3) is 0.286. The smallest absolute Gasteiger partial charge is 0.387 e. The van der Waals surface area contributed by atoms with Crippen LogP contribution >= 0.6 is 12.2 Å². The third-order valence-corrected chi connectivity index (χ3v) is 2.71. The molecule has 1 rings (SSSR count). The van der Waals surface area contributed by atoms with Gasteiger partial charge in [-0.25, -0.2) is 0 Å². The number of halogens is 2. The first kappa shape index (κ1) is 18.6. The lowest BCUT2D eigenvalue weighted by Crippen LogP contribution is -2.46. The van der Waals surface area contributed by atoms with E-state index in [-0.39, 0.29) is 11.5 Å². The molecule has 1 amide bonds. The van der Waals surface area contributed by atoms with Gasteiger partial charge in [0.2, 0.25) is 0 Å². The Kier molecular flexibility index (Phi) is 7.75. The highest BCUT2D eigenvalue weighted by molar-refractivity contribution is 7.80. The molecule has 0 saturated heterocycles. The molecular formula is C14H17F2N3O3S. The van der Waals surface area contributed by atoms with Gasteiger partial charge >= 0.3 is 6.61 Å². The van der Waals surface area contributed by atoms with Crippen molar-refractivity contribution < 1.29 is 23.0 Å². The molecule has 1 aromatic carbocycles. The van der Waals surface area contributed by atoms with Crippen LogP contribution in [0, 0.1) is 0 Å². The Morgan fingerprint density at radius 1 is 1.35 bits per heavy atom. The highest BCUT2D eigenvalue weighted by atomic mass is 32.1. The van der Waals surface area contributed by atoms with Crippen LogP contribution < -0.4 is 25.6 Å². The number of amides is 1. The zero-order chi connectivity index (χ0) is 17.2. The predicted molar refractivity (Wildman–Crippen MR) is 86.2 cm³/mol. The molecule has 0 saturated carbocycles. The average molecular weight is 345 g/mol. The molecule has 0 bridgehead atoms. The molecule has 3 N–H and O–H groups in total. The van der Waals surface area contributed by atoms with Gasteiger partial charge in [-0.05, 0) is 42.9 Å². The minimum atomic E-state index is -2.94. The van der Waals surface area contributed by atoms with Gasteiger partial charge in [0, 0.05) is 12.6 Å². The molecule has 0 fully saturated rings. The van der Waals surface area contributed by atoms with Crippen LogP contribution in [0.15, 0.2) is 24.3 Å². The van der Waals surface area contributed by atoms with Crippen molar-refractivity contribution in [3.05, 3.63) is 29.8 Å². The number of benzene rings is 1. The summed E-state index contributed by atoms with van der Waals surface area (Å²) in [5.41, 5.74) is 5.46. The van der Waals surface area contributed by atoms with E-state index in [9.17, 15) is 13.6 Å². The number of methoxy groups -OCH3 is 1. The third kappa shape index (κ3) is 6.92. The van der Waals surface area contributed by atoms with E-state index in [1.165, 1.54) is 37.5 Å². The van der Waals surface area contributed by atoms with Crippen LogP contribution in [0.25, 0.3) is 6.08 Å². The number of hydrazine groups is 1. The largest absolute Gasteiger partial charge is 0.493 e. The summed E-state index contributed by atoms with van der Waals surface area (Å²) in [5.74, 6) is -0.377. The lowest BCUT2D eigenvalue weighted by molar-refractivity contribution is -0.116. The Morgan fingerprint density at radius 3 is 2.70 bits per heavy atom.